The van der Waals surface area contributed by atoms with Crippen molar-refractivity contribution in [3.05, 3.63) is 68.8 Å². The van der Waals surface area contributed by atoms with Gasteiger partial charge in [0.1, 0.15) is 0 Å². The third kappa shape index (κ3) is 3.89. The van der Waals surface area contributed by atoms with Gasteiger partial charge in [0.05, 0.1) is 29.1 Å². The first-order valence-electron chi connectivity index (χ1n) is 8.56. The number of halogens is 2. The second-order valence-corrected chi connectivity index (χ2v) is 7.90. The minimum atomic E-state index is 0.228. The van der Waals surface area contributed by atoms with Crippen LogP contribution in [0.4, 0.5) is 5.69 Å². The molecule has 3 nitrogen and oxygen atoms in total. The van der Waals surface area contributed by atoms with Crippen molar-refractivity contribution in [2.75, 3.05) is 6.61 Å². The largest absolute Gasteiger partial charge is 0.376 e. The van der Waals surface area contributed by atoms with E-state index in [0.717, 1.165) is 42.2 Å². The molecule has 0 bridgehead atoms. The summed E-state index contributed by atoms with van der Waals surface area (Å²) in [5.41, 5.74) is 3.04. The number of thiazole rings is 1. The minimum absolute atomic E-state index is 0.228. The Kier molecular flexibility index (Phi) is 5.46. The highest BCUT2D eigenvalue weighted by atomic mass is 35.5. The van der Waals surface area contributed by atoms with E-state index in [1.165, 1.54) is 5.56 Å². The molecular formula is C20H18Cl2N2OS. The van der Waals surface area contributed by atoms with Crippen molar-refractivity contribution in [3.63, 3.8) is 0 Å². The van der Waals surface area contributed by atoms with Gasteiger partial charge in [-0.2, -0.15) is 0 Å². The van der Waals surface area contributed by atoms with Crippen LogP contribution in [0.5, 0.6) is 0 Å². The van der Waals surface area contributed by atoms with Gasteiger partial charge in [-0.05, 0) is 36.6 Å². The van der Waals surface area contributed by atoms with Crippen LogP contribution in [-0.4, -0.2) is 17.3 Å². The van der Waals surface area contributed by atoms with E-state index in [9.17, 15) is 0 Å². The zero-order valence-corrected chi connectivity index (χ0v) is 16.4. The summed E-state index contributed by atoms with van der Waals surface area (Å²) in [6, 6.07) is 15.7. The average molecular weight is 405 g/mol. The lowest BCUT2D eigenvalue weighted by molar-refractivity contribution is 0.0968. The second-order valence-electron chi connectivity index (χ2n) is 6.22. The van der Waals surface area contributed by atoms with Crippen LogP contribution in [0.2, 0.25) is 10.0 Å². The van der Waals surface area contributed by atoms with Gasteiger partial charge in [-0.25, -0.2) is 4.99 Å². The fourth-order valence-corrected chi connectivity index (χ4v) is 4.48. The van der Waals surface area contributed by atoms with Gasteiger partial charge in [-0.1, -0.05) is 53.5 Å². The van der Waals surface area contributed by atoms with Gasteiger partial charge in [0, 0.05) is 17.0 Å². The van der Waals surface area contributed by atoms with Crippen LogP contribution >= 0.6 is 34.5 Å². The topological polar surface area (TPSA) is 26.5 Å². The van der Waals surface area contributed by atoms with Gasteiger partial charge in [0.2, 0.25) is 0 Å². The molecular weight excluding hydrogens is 387 g/mol. The van der Waals surface area contributed by atoms with E-state index in [1.54, 1.807) is 17.4 Å². The Morgan fingerprint density at radius 2 is 2.00 bits per heavy atom. The number of ether oxygens (including phenoxy) is 1. The predicted molar refractivity (Wildman–Crippen MR) is 108 cm³/mol. The Morgan fingerprint density at radius 1 is 1.15 bits per heavy atom. The monoisotopic (exact) mass is 404 g/mol. The van der Waals surface area contributed by atoms with Gasteiger partial charge in [-0.3, -0.25) is 0 Å². The molecule has 0 amide bonds. The molecule has 4 rings (SSSR count). The molecule has 1 aliphatic heterocycles. The van der Waals surface area contributed by atoms with E-state index in [2.05, 4.69) is 34.2 Å². The first-order chi connectivity index (χ1) is 12.7. The highest BCUT2D eigenvalue weighted by Gasteiger charge is 2.19. The lowest BCUT2D eigenvalue weighted by atomic mass is 10.1. The molecule has 2 heterocycles. The molecule has 26 heavy (non-hydrogen) atoms. The number of rotatable bonds is 4. The fourth-order valence-electron chi connectivity index (χ4n) is 3.10. The second kappa shape index (κ2) is 7.97. The summed E-state index contributed by atoms with van der Waals surface area (Å²) in [4.78, 5) is 5.71. The normalized spacial score (nSPS) is 17.8. The summed E-state index contributed by atoms with van der Waals surface area (Å²) in [7, 11) is 0. The van der Waals surface area contributed by atoms with E-state index in [1.807, 2.05) is 18.2 Å². The Hall–Kier alpha value is -1.59. The SMILES string of the molecule is Clc1ccc(N=c2scc(-c3ccccc3)n2CC2CCCO2)c(Cl)c1. The summed E-state index contributed by atoms with van der Waals surface area (Å²) in [6.45, 7) is 1.63. The molecule has 0 saturated carbocycles. The van der Waals surface area contributed by atoms with Crippen LogP contribution in [0.1, 0.15) is 12.8 Å². The number of hydrogen-bond donors (Lipinski definition) is 0. The van der Waals surface area contributed by atoms with Crippen LogP contribution in [0.15, 0.2) is 58.9 Å². The predicted octanol–water partition coefficient (Wildman–Crippen LogP) is 5.93. The molecule has 0 N–H and O–H groups in total. The highest BCUT2D eigenvalue weighted by Crippen LogP contribution is 2.28. The van der Waals surface area contributed by atoms with Gasteiger partial charge >= 0.3 is 0 Å². The van der Waals surface area contributed by atoms with Gasteiger partial charge < -0.3 is 9.30 Å². The van der Waals surface area contributed by atoms with Crippen molar-refractivity contribution >= 4 is 40.2 Å². The lowest BCUT2D eigenvalue weighted by Crippen LogP contribution is -2.24. The van der Waals surface area contributed by atoms with E-state index >= 15 is 0 Å². The maximum Gasteiger partial charge on any atom is 0.190 e. The van der Waals surface area contributed by atoms with E-state index in [4.69, 9.17) is 32.9 Å². The third-order valence-corrected chi connectivity index (χ3v) is 5.80. The van der Waals surface area contributed by atoms with Crippen molar-refractivity contribution in [1.29, 1.82) is 0 Å². The molecule has 6 heteroatoms. The first kappa shape index (κ1) is 17.8. The van der Waals surface area contributed by atoms with E-state index in [-0.39, 0.29) is 6.10 Å². The molecule has 1 saturated heterocycles. The van der Waals surface area contributed by atoms with Crippen LogP contribution in [0.25, 0.3) is 11.3 Å². The van der Waals surface area contributed by atoms with Crippen molar-refractivity contribution < 1.29 is 4.74 Å². The molecule has 3 aromatic rings. The maximum absolute atomic E-state index is 6.32. The lowest BCUT2D eigenvalue weighted by Gasteiger charge is -2.14. The summed E-state index contributed by atoms with van der Waals surface area (Å²) < 4.78 is 8.10. The molecule has 0 spiro atoms. The van der Waals surface area contributed by atoms with Crippen molar-refractivity contribution in [3.8, 4) is 11.3 Å². The maximum atomic E-state index is 6.32. The fraction of sp³-hybridized carbons (Fsp3) is 0.250. The summed E-state index contributed by atoms with van der Waals surface area (Å²) in [5, 5.41) is 3.31. The Morgan fingerprint density at radius 3 is 2.73 bits per heavy atom. The molecule has 1 aliphatic rings. The zero-order chi connectivity index (χ0) is 17.9. The van der Waals surface area contributed by atoms with Crippen molar-refractivity contribution in [1.82, 2.24) is 4.57 Å². The third-order valence-electron chi connectivity index (χ3n) is 4.40. The standard InChI is InChI=1S/C20H18Cl2N2OS/c21-15-8-9-18(17(22)11-15)23-20-24(12-16-7-4-10-25-16)19(13-26-20)14-5-2-1-3-6-14/h1-3,5-6,8-9,11,13,16H,4,7,10,12H2. The molecule has 134 valence electrons. The number of aromatic nitrogens is 1. The Labute approximate surface area is 166 Å². The number of nitrogens with zero attached hydrogens (tertiary/aromatic N) is 2. The molecule has 1 aromatic heterocycles. The van der Waals surface area contributed by atoms with Gasteiger partial charge in [0.25, 0.3) is 0 Å². The minimum Gasteiger partial charge on any atom is -0.376 e. The molecule has 0 aliphatic carbocycles. The molecule has 1 atom stereocenters. The molecule has 1 fully saturated rings. The zero-order valence-electron chi connectivity index (χ0n) is 14.1. The van der Waals surface area contributed by atoms with Gasteiger partial charge in [0.15, 0.2) is 4.80 Å². The van der Waals surface area contributed by atoms with Gasteiger partial charge in [-0.15, -0.1) is 11.3 Å². The molecule has 0 radical (unpaired) electrons. The van der Waals surface area contributed by atoms with Crippen LogP contribution < -0.4 is 4.80 Å². The number of benzene rings is 2. The summed E-state index contributed by atoms with van der Waals surface area (Å²) in [5.74, 6) is 0. The highest BCUT2D eigenvalue weighted by molar-refractivity contribution is 7.07. The van der Waals surface area contributed by atoms with Crippen LogP contribution in [0.3, 0.4) is 0 Å². The average Bonchev–Trinajstić information content (AvgIpc) is 3.29. The Balaban J connectivity index is 1.81. The first-order valence-corrected chi connectivity index (χ1v) is 10.2. The van der Waals surface area contributed by atoms with Crippen LogP contribution in [0, 0.1) is 0 Å². The van der Waals surface area contributed by atoms with Crippen LogP contribution in [-0.2, 0) is 11.3 Å². The quantitative estimate of drug-likeness (QED) is 0.528. The number of hydrogen-bond acceptors (Lipinski definition) is 3. The molecule has 1 unspecified atom stereocenters. The van der Waals surface area contributed by atoms with E-state index in [0.29, 0.717) is 10.0 Å². The Bertz CT molecular complexity index is 959. The summed E-state index contributed by atoms with van der Waals surface area (Å²) in [6.07, 6.45) is 2.43. The summed E-state index contributed by atoms with van der Waals surface area (Å²) >= 11 is 13.9. The van der Waals surface area contributed by atoms with E-state index < -0.39 is 0 Å². The van der Waals surface area contributed by atoms with Crippen molar-refractivity contribution in [2.45, 2.75) is 25.5 Å². The molecule has 2 aromatic carbocycles. The smallest absolute Gasteiger partial charge is 0.190 e. The van der Waals surface area contributed by atoms with Crippen molar-refractivity contribution in [2.24, 2.45) is 4.99 Å².